The molecular formula is C17H18BrN4O2+. The monoisotopic (exact) mass is 389 g/mol. The summed E-state index contributed by atoms with van der Waals surface area (Å²) in [6.07, 6.45) is 0. The second-order valence-corrected chi connectivity index (χ2v) is 6.76. The van der Waals surface area contributed by atoms with Crippen molar-refractivity contribution in [3.8, 4) is 12.1 Å². The van der Waals surface area contributed by atoms with Gasteiger partial charge in [0.25, 0.3) is 5.84 Å². The van der Waals surface area contributed by atoms with Crippen LogP contribution in [-0.2, 0) is 9.47 Å². The molecule has 0 saturated heterocycles. The first-order valence-corrected chi connectivity index (χ1v) is 8.56. The summed E-state index contributed by atoms with van der Waals surface area (Å²) in [6.45, 7) is 4.26. The Kier molecular flexibility index (Phi) is 3.92. The molecule has 0 unspecified atom stereocenters. The van der Waals surface area contributed by atoms with E-state index in [1.807, 2.05) is 38.1 Å². The molecule has 0 amide bonds. The largest absolute Gasteiger partial charge is 0.343 e. The Labute approximate surface area is 149 Å². The molecule has 24 heavy (non-hydrogen) atoms. The van der Waals surface area contributed by atoms with Gasteiger partial charge >= 0.3 is 5.91 Å². The molecule has 2 aliphatic rings. The number of nitrogens with zero attached hydrogens (tertiary/aromatic N) is 2. The molecule has 1 aromatic rings. The molecular weight excluding hydrogens is 372 g/mol. The van der Waals surface area contributed by atoms with Crippen LogP contribution < -0.4 is 10.7 Å². The fourth-order valence-electron chi connectivity index (χ4n) is 4.04. The maximum Gasteiger partial charge on any atom is 0.343 e. The van der Waals surface area contributed by atoms with Crippen LogP contribution in [0.4, 0.5) is 0 Å². The van der Waals surface area contributed by atoms with Crippen molar-refractivity contribution in [2.75, 3.05) is 13.2 Å². The van der Waals surface area contributed by atoms with E-state index in [1.165, 1.54) is 0 Å². The summed E-state index contributed by atoms with van der Waals surface area (Å²) in [4.78, 5) is 2.96. The normalized spacial score (nSPS) is 32.4. The topological polar surface area (TPSA) is 106 Å². The molecule has 1 aromatic carbocycles. The number of ether oxygens (including phenoxy) is 2. The predicted octanol–water partition coefficient (Wildman–Crippen LogP) is 0.744. The number of fused-ring (bicyclic) bond motifs is 1. The van der Waals surface area contributed by atoms with E-state index in [4.69, 9.17) is 15.2 Å². The van der Waals surface area contributed by atoms with Gasteiger partial charge in [-0.1, -0.05) is 28.1 Å². The number of benzene rings is 1. The van der Waals surface area contributed by atoms with E-state index in [0.717, 1.165) is 10.0 Å². The Morgan fingerprint density at radius 2 is 1.92 bits per heavy atom. The molecule has 7 heteroatoms. The highest BCUT2D eigenvalue weighted by Crippen LogP contribution is 2.78. The van der Waals surface area contributed by atoms with E-state index < -0.39 is 22.7 Å². The van der Waals surface area contributed by atoms with Gasteiger partial charge in [-0.3, -0.25) is 5.73 Å². The summed E-state index contributed by atoms with van der Waals surface area (Å²) in [6, 6.07) is 12.1. The van der Waals surface area contributed by atoms with E-state index in [-0.39, 0.29) is 5.84 Å². The third-order valence-electron chi connectivity index (χ3n) is 4.88. The minimum absolute atomic E-state index is 0.221. The molecule has 1 heterocycles. The Morgan fingerprint density at radius 3 is 2.42 bits per heavy atom. The Morgan fingerprint density at radius 1 is 1.25 bits per heavy atom. The zero-order valence-electron chi connectivity index (χ0n) is 13.5. The quantitative estimate of drug-likeness (QED) is 0.722. The highest BCUT2D eigenvalue weighted by atomic mass is 79.9. The van der Waals surface area contributed by atoms with Crippen LogP contribution in [-0.4, -0.2) is 25.0 Å². The number of rotatable bonds is 5. The van der Waals surface area contributed by atoms with Crippen LogP contribution in [0.25, 0.3) is 0 Å². The maximum atomic E-state index is 10.1. The number of halogens is 1. The van der Waals surface area contributed by atoms with Crippen molar-refractivity contribution in [2.24, 2.45) is 16.6 Å². The lowest BCUT2D eigenvalue weighted by Gasteiger charge is -2.29. The lowest BCUT2D eigenvalue weighted by atomic mass is 9.93. The van der Waals surface area contributed by atoms with Crippen molar-refractivity contribution in [3.63, 3.8) is 0 Å². The van der Waals surface area contributed by atoms with Crippen molar-refractivity contribution in [2.45, 2.75) is 25.7 Å². The number of hydrogen-bond donors (Lipinski definition) is 2. The summed E-state index contributed by atoms with van der Waals surface area (Å²) < 4.78 is 12.5. The van der Waals surface area contributed by atoms with Crippen molar-refractivity contribution < 1.29 is 14.5 Å². The fraction of sp³-hybridized carbons (Fsp3) is 0.471. The Hall–Kier alpha value is -1.93. The van der Waals surface area contributed by atoms with Crippen molar-refractivity contribution in [3.05, 3.63) is 34.3 Å². The molecule has 1 aliphatic carbocycles. The van der Waals surface area contributed by atoms with E-state index >= 15 is 0 Å². The first-order valence-electron chi connectivity index (χ1n) is 7.76. The van der Waals surface area contributed by atoms with Gasteiger partial charge in [0.1, 0.15) is 0 Å². The second kappa shape index (κ2) is 5.56. The van der Waals surface area contributed by atoms with Gasteiger partial charge in [-0.2, -0.15) is 10.5 Å². The highest BCUT2D eigenvalue weighted by Gasteiger charge is 2.97. The standard InChI is InChI=1S/C17H17BrN4O2/c1-3-23-17(24-4-2)16(10-20)13(11-6-5-7-12(18)8-11)15(16,9-19)14(21)22-17/h5-8,13H,3-4H2,1-2H3,(H2,21,22)/p+1/t13-,15+,16+/m0/s1. The summed E-state index contributed by atoms with van der Waals surface area (Å²) in [5.74, 6) is -1.65. The summed E-state index contributed by atoms with van der Waals surface area (Å²) in [5, 5.41) is 20.0. The van der Waals surface area contributed by atoms with Crippen molar-refractivity contribution in [1.29, 1.82) is 10.5 Å². The number of nitriles is 2. The van der Waals surface area contributed by atoms with Crippen LogP contribution >= 0.6 is 15.9 Å². The Balaban J connectivity index is 2.23. The highest BCUT2D eigenvalue weighted by molar-refractivity contribution is 9.10. The van der Waals surface area contributed by atoms with Crippen molar-refractivity contribution >= 4 is 21.8 Å². The number of nitrogens with two attached hydrogens (primary N) is 1. The SMILES string of the molecule is CCOC1(OCC)[NH+]=C(N)[C@@]2(C#N)[C@H](c3cccc(Br)c3)[C@@]12C#N. The lowest BCUT2D eigenvalue weighted by Crippen LogP contribution is -2.91. The first kappa shape index (κ1) is 16.9. The molecule has 0 spiro atoms. The minimum Gasteiger partial charge on any atom is -0.314 e. The van der Waals surface area contributed by atoms with Gasteiger partial charge in [0.15, 0.2) is 10.8 Å². The van der Waals surface area contributed by atoms with Crippen LogP contribution in [0.1, 0.15) is 25.3 Å². The molecule has 0 radical (unpaired) electrons. The molecule has 0 bridgehead atoms. The van der Waals surface area contributed by atoms with Gasteiger partial charge in [0.2, 0.25) is 0 Å². The molecule has 3 N–H and O–H groups in total. The zero-order chi connectivity index (χ0) is 17.6. The summed E-state index contributed by atoms with van der Waals surface area (Å²) >= 11 is 3.44. The van der Waals surface area contributed by atoms with E-state index in [2.05, 4.69) is 33.1 Å². The number of hydrogen-bond acceptors (Lipinski definition) is 5. The van der Waals surface area contributed by atoms with Gasteiger partial charge in [-0.15, -0.1) is 0 Å². The smallest absolute Gasteiger partial charge is 0.314 e. The zero-order valence-corrected chi connectivity index (χ0v) is 15.1. The lowest BCUT2D eigenvalue weighted by molar-refractivity contribution is -0.693. The number of nitrogens with one attached hydrogen (secondary N) is 1. The fourth-order valence-corrected chi connectivity index (χ4v) is 4.46. The van der Waals surface area contributed by atoms with E-state index in [0.29, 0.717) is 13.2 Å². The van der Waals surface area contributed by atoms with Gasteiger partial charge < -0.3 is 9.47 Å². The van der Waals surface area contributed by atoms with Crippen LogP contribution in [0.2, 0.25) is 0 Å². The molecule has 1 aliphatic heterocycles. The second-order valence-electron chi connectivity index (χ2n) is 5.85. The molecule has 3 rings (SSSR count). The van der Waals surface area contributed by atoms with E-state index in [9.17, 15) is 10.5 Å². The van der Waals surface area contributed by atoms with E-state index in [1.54, 1.807) is 0 Å². The maximum absolute atomic E-state index is 10.1. The molecule has 1 fully saturated rings. The number of amidine groups is 1. The summed E-state index contributed by atoms with van der Waals surface area (Å²) in [5.41, 5.74) is 4.60. The van der Waals surface area contributed by atoms with Crippen LogP contribution in [0.5, 0.6) is 0 Å². The molecule has 6 nitrogen and oxygen atoms in total. The first-order chi connectivity index (χ1) is 11.5. The molecule has 1 saturated carbocycles. The summed E-state index contributed by atoms with van der Waals surface area (Å²) in [7, 11) is 0. The van der Waals surface area contributed by atoms with Crippen LogP contribution in [0.3, 0.4) is 0 Å². The third-order valence-corrected chi connectivity index (χ3v) is 5.37. The van der Waals surface area contributed by atoms with Crippen LogP contribution in [0.15, 0.2) is 28.7 Å². The van der Waals surface area contributed by atoms with Gasteiger partial charge in [-0.25, -0.2) is 4.99 Å². The van der Waals surface area contributed by atoms with Crippen LogP contribution in [0, 0.1) is 33.5 Å². The van der Waals surface area contributed by atoms with Gasteiger partial charge in [-0.05, 0) is 31.5 Å². The average Bonchev–Trinajstić information content (AvgIpc) is 3.14. The van der Waals surface area contributed by atoms with Gasteiger partial charge in [0.05, 0.1) is 25.4 Å². The Bertz CT molecular complexity index is 791. The predicted molar refractivity (Wildman–Crippen MR) is 89.1 cm³/mol. The van der Waals surface area contributed by atoms with Crippen molar-refractivity contribution in [1.82, 2.24) is 0 Å². The van der Waals surface area contributed by atoms with Gasteiger partial charge in [0, 0.05) is 10.4 Å². The molecule has 0 aromatic heterocycles. The third kappa shape index (κ3) is 1.72. The minimum atomic E-state index is -1.43. The molecule has 3 atom stereocenters. The molecule has 124 valence electrons. The average molecular weight is 390 g/mol.